The first-order chi connectivity index (χ1) is 7.65. The van der Waals surface area contributed by atoms with Crippen molar-refractivity contribution in [2.75, 3.05) is 18.5 Å². The SMILES string of the molecule is CCOC(=O)Cc1cnc(NC(=O)CN)s1. The Hall–Kier alpha value is -1.47. The van der Waals surface area contributed by atoms with E-state index >= 15 is 0 Å². The number of aromatic nitrogens is 1. The van der Waals surface area contributed by atoms with Gasteiger partial charge in [-0.05, 0) is 6.92 Å². The van der Waals surface area contributed by atoms with Gasteiger partial charge in [0, 0.05) is 11.1 Å². The lowest BCUT2D eigenvalue weighted by atomic mass is 10.4. The van der Waals surface area contributed by atoms with Crippen LogP contribution < -0.4 is 11.1 Å². The van der Waals surface area contributed by atoms with Crippen molar-refractivity contribution in [3.05, 3.63) is 11.1 Å². The van der Waals surface area contributed by atoms with E-state index in [0.29, 0.717) is 11.7 Å². The molecule has 1 aromatic rings. The minimum Gasteiger partial charge on any atom is -0.466 e. The summed E-state index contributed by atoms with van der Waals surface area (Å²) in [4.78, 5) is 26.8. The van der Waals surface area contributed by atoms with Crippen LogP contribution >= 0.6 is 11.3 Å². The summed E-state index contributed by atoms with van der Waals surface area (Å²) < 4.78 is 4.79. The van der Waals surface area contributed by atoms with E-state index in [1.165, 1.54) is 17.5 Å². The molecule has 0 aliphatic rings. The number of ether oxygens (including phenoxy) is 1. The fraction of sp³-hybridized carbons (Fsp3) is 0.444. The Bertz CT molecular complexity index is 378. The molecule has 1 amide bonds. The molecule has 6 nitrogen and oxygen atoms in total. The number of rotatable bonds is 5. The molecular formula is C9H13N3O3S. The number of carbonyl (C=O) groups excluding carboxylic acids is 2. The molecule has 0 aliphatic heterocycles. The minimum atomic E-state index is -0.308. The summed E-state index contributed by atoms with van der Waals surface area (Å²) in [7, 11) is 0. The lowest BCUT2D eigenvalue weighted by molar-refractivity contribution is -0.142. The molecule has 0 aliphatic carbocycles. The predicted molar refractivity (Wildman–Crippen MR) is 60.1 cm³/mol. The molecule has 0 aromatic carbocycles. The molecule has 0 unspecified atom stereocenters. The zero-order valence-electron chi connectivity index (χ0n) is 8.86. The molecule has 1 aromatic heterocycles. The molecule has 16 heavy (non-hydrogen) atoms. The number of amides is 1. The maximum Gasteiger partial charge on any atom is 0.311 e. The van der Waals surface area contributed by atoms with Crippen LogP contribution in [0.25, 0.3) is 0 Å². The van der Waals surface area contributed by atoms with Gasteiger partial charge in [0.2, 0.25) is 5.91 Å². The van der Waals surface area contributed by atoms with Crippen molar-refractivity contribution in [3.8, 4) is 0 Å². The van der Waals surface area contributed by atoms with Crippen LogP contribution in [-0.2, 0) is 20.7 Å². The van der Waals surface area contributed by atoms with Gasteiger partial charge >= 0.3 is 5.97 Å². The van der Waals surface area contributed by atoms with Crippen molar-refractivity contribution in [1.29, 1.82) is 0 Å². The first-order valence-electron chi connectivity index (χ1n) is 4.76. The van der Waals surface area contributed by atoms with Crippen molar-refractivity contribution in [2.24, 2.45) is 5.73 Å². The van der Waals surface area contributed by atoms with E-state index in [1.54, 1.807) is 6.92 Å². The van der Waals surface area contributed by atoms with Gasteiger partial charge < -0.3 is 15.8 Å². The Morgan fingerprint density at radius 3 is 3.00 bits per heavy atom. The van der Waals surface area contributed by atoms with E-state index in [-0.39, 0.29) is 24.8 Å². The Balaban J connectivity index is 2.51. The number of nitrogens with one attached hydrogen (secondary N) is 1. The molecule has 0 fully saturated rings. The third kappa shape index (κ3) is 3.95. The van der Waals surface area contributed by atoms with Crippen molar-refractivity contribution >= 4 is 28.3 Å². The topological polar surface area (TPSA) is 94.3 Å². The summed E-state index contributed by atoms with van der Waals surface area (Å²) in [5.74, 6) is -0.611. The molecule has 0 radical (unpaired) electrons. The van der Waals surface area contributed by atoms with E-state index in [2.05, 4.69) is 10.3 Å². The van der Waals surface area contributed by atoms with E-state index in [1.807, 2.05) is 0 Å². The molecule has 3 N–H and O–H groups in total. The number of esters is 1. The minimum absolute atomic E-state index is 0.0905. The third-order valence-corrected chi connectivity index (χ3v) is 2.52. The molecule has 1 heterocycles. The molecule has 0 saturated heterocycles. The maximum absolute atomic E-state index is 11.1. The molecule has 0 spiro atoms. The van der Waals surface area contributed by atoms with E-state index < -0.39 is 0 Å². The second-order valence-corrected chi connectivity index (χ2v) is 3.98. The number of thiazole rings is 1. The van der Waals surface area contributed by atoms with Gasteiger partial charge in [0.25, 0.3) is 0 Å². The highest BCUT2D eigenvalue weighted by Gasteiger charge is 2.09. The Labute approximate surface area is 96.8 Å². The number of anilines is 1. The van der Waals surface area contributed by atoms with Crippen LogP contribution in [0.2, 0.25) is 0 Å². The van der Waals surface area contributed by atoms with Gasteiger partial charge in [-0.3, -0.25) is 9.59 Å². The van der Waals surface area contributed by atoms with Crippen LogP contribution in [0.4, 0.5) is 5.13 Å². The standard InChI is InChI=1S/C9H13N3O3S/c1-2-15-8(14)3-6-5-11-9(16-6)12-7(13)4-10/h5H,2-4,10H2,1H3,(H,11,12,13). The first-order valence-corrected chi connectivity index (χ1v) is 5.57. The van der Waals surface area contributed by atoms with Gasteiger partial charge in [-0.1, -0.05) is 0 Å². The van der Waals surface area contributed by atoms with E-state index in [0.717, 1.165) is 4.88 Å². The first kappa shape index (κ1) is 12.6. The van der Waals surface area contributed by atoms with Crippen molar-refractivity contribution in [3.63, 3.8) is 0 Å². The fourth-order valence-corrected chi connectivity index (χ4v) is 1.79. The van der Waals surface area contributed by atoms with Crippen molar-refractivity contribution in [2.45, 2.75) is 13.3 Å². The average molecular weight is 243 g/mol. The summed E-state index contributed by atoms with van der Waals surface area (Å²) >= 11 is 1.23. The molecule has 7 heteroatoms. The van der Waals surface area contributed by atoms with Gasteiger partial charge in [-0.25, -0.2) is 4.98 Å². The van der Waals surface area contributed by atoms with Gasteiger partial charge in [0.15, 0.2) is 5.13 Å². The van der Waals surface area contributed by atoms with Crippen LogP contribution in [-0.4, -0.2) is 30.0 Å². The smallest absolute Gasteiger partial charge is 0.311 e. The van der Waals surface area contributed by atoms with Gasteiger partial charge in [0.1, 0.15) is 0 Å². The fourth-order valence-electron chi connectivity index (χ4n) is 0.972. The van der Waals surface area contributed by atoms with Crippen molar-refractivity contribution in [1.82, 2.24) is 4.98 Å². The second kappa shape index (κ2) is 6.19. The number of carbonyl (C=O) groups is 2. The lowest BCUT2D eigenvalue weighted by Crippen LogP contribution is -2.21. The maximum atomic E-state index is 11.1. The van der Waals surface area contributed by atoms with E-state index in [9.17, 15) is 9.59 Å². The number of nitrogens with zero attached hydrogens (tertiary/aromatic N) is 1. The average Bonchev–Trinajstić information content (AvgIpc) is 2.65. The third-order valence-electron chi connectivity index (χ3n) is 1.61. The molecule has 1 rings (SSSR count). The predicted octanol–water partition coefficient (Wildman–Crippen LogP) is 0.146. The van der Waals surface area contributed by atoms with Gasteiger partial charge in [-0.2, -0.15) is 0 Å². The molecule has 0 bridgehead atoms. The van der Waals surface area contributed by atoms with Crippen LogP contribution in [0.3, 0.4) is 0 Å². The highest BCUT2D eigenvalue weighted by atomic mass is 32.1. The monoisotopic (exact) mass is 243 g/mol. The highest BCUT2D eigenvalue weighted by molar-refractivity contribution is 7.15. The largest absolute Gasteiger partial charge is 0.466 e. The zero-order valence-corrected chi connectivity index (χ0v) is 9.67. The summed E-state index contributed by atoms with van der Waals surface area (Å²) in [6, 6.07) is 0. The van der Waals surface area contributed by atoms with Crippen LogP contribution in [0, 0.1) is 0 Å². The summed E-state index contributed by atoms with van der Waals surface area (Å²) in [6.07, 6.45) is 1.71. The Kier molecular flexibility index (Phi) is 4.87. The molecular weight excluding hydrogens is 230 g/mol. The molecule has 0 atom stereocenters. The normalized spacial score (nSPS) is 9.88. The van der Waals surface area contributed by atoms with Crippen LogP contribution in [0.1, 0.15) is 11.8 Å². The quantitative estimate of drug-likeness (QED) is 0.718. The van der Waals surface area contributed by atoms with Gasteiger partial charge in [-0.15, -0.1) is 11.3 Å². The molecule has 88 valence electrons. The highest BCUT2D eigenvalue weighted by Crippen LogP contribution is 2.18. The van der Waals surface area contributed by atoms with E-state index in [4.69, 9.17) is 10.5 Å². The number of hydrogen-bond donors (Lipinski definition) is 2. The lowest BCUT2D eigenvalue weighted by Gasteiger charge is -1.98. The Morgan fingerprint density at radius 2 is 2.38 bits per heavy atom. The second-order valence-electron chi connectivity index (χ2n) is 2.87. The zero-order chi connectivity index (χ0) is 12.0. The van der Waals surface area contributed by atoms with Crippen LogP contribution in [0.15, 0.2) is 6.20 Å². The summed E-state index contributed by atoms with van der Waals surface area (Å²) in [5, 5.41) is 2.95. The number of hydrogen-bond acceptors (Lipinski definition) is 6. The van der Waals surface area contributed by atoms with Crippen LogP contribution in [0.5, 0.6) is 0 Å². The Morgan fingerprint density at radius 1 is 1.62 bits per heavy atom. The molecule has 0 saturated carbocycles. The summed E-state index contributed by atoms with van der Waals surface area (Å²) in [5.41, 5.74) is 5.14. The summed E-state index contributed by atoms with van der Waals surface area (Å²) in [6.45, 7) is 2.01. The van der Waals surface area contributed by atoms with Crippen molar-refractivity contribution < 1.29 is 14.3 Å². The van der Waals surface area contributed by atoms with Gasteiger partial charge in [0.05, 0.1) is 19.6 Å². The number of nitrogens with two attached hydrogens (primary N) is 1.